The zero-order valence-corrected chi connectivity index (χ0v) is 12.8. The summed E-state index contributed by atoms with van der Waals surface area (Å²) in [4.78, 5) is 0. The minimum Gasteiger partial charge on any atom is -0.381 e. The maximum Gasteiger partial charge on any atom is 0.148 e. The van der Waals surface area contributed by atoms with Crippen LogP contribution in [0.3, 0.4) is 0 Å². The monoisotopic (exact) mass is 302 g/mol. The van der Waals surface area contributed by atoms with Crippen LogP contribution >= 0.6 is 0 Å². The van der Waals surface area contributed by atoms with E-state index in [0.717, 1.165) is 24.2 Å². The van der Waals surface area contributed by atoms with Gasteiger partial charge in [0.05, 0.1) is 17.6 Å². The van der Waals surface area contributed by atoms with Crippen molar-refractivity contribution in [2.45, 2.75) is 38.0 Å². The van der Waals surface area contributed by atoms with Gasteiger partial charge in [0, 0.05) is 19.0 Å². The van der Waals surface area contributed by atoms with Gasteiger partial charge in [0.1, 0.15) is 11.5 Å². The number of nitrogens with zero attached hydrogens (tertiary/aromatic N) is 2. The molecule has 118 valence electrons. The van der Waals surface area contributed by atoms with Crippen LogP contribution in [-0.2, 0) is 0 Å². The van der Waals surface area contributed by atoms with E-state index < -0.39 is 0 Å². The first-order valence-corrected chi connectivity index (χ1v) is 8.08. The molecule has 22 heavy (non-hydrogen) atoms. The van der Waals surface area contributed by atoms with Crippen molar-refractivity contribution in [2.24, 2.45) is 5.73 Å². The van der Waals surface area contributed by atoms with Crippen molar-refractivity contribution in [2.75, 3.05) is 18.4 Å². The van der Waals surface area contributed by atoms with Gasteiger partial charge >= 0.3 is 0 Å². The number of hydrogen-bond donors (Lipinski definition) is 2. The van der Waals surface area contributed by atoms with Gasteiger partial charge in [-0.1, -0.05) is 31.4 Å². The lowest BCUT2D eigenvalue weighted by atomic mass is 9.86. The third-order valence-corrected chi connectivity index (χ3v) is 4.34. The maximum atomic E-state index is 14.2. The Labute approximate surface area is 130 Å². The summed E-state index contributed by atoms with van der Waals surface area (Å²) >= 11 is 0. The molecule has 0 atom stereocenters. The van der Waals surface area contributed by atoms with Crippen LogP contribution in [0.2, 0.25) is 0 Å². The Morgan fingerprint density at radius 1 is 1.23 bits per heavy atom. The van der Waals surface area contributed by atoms with E-state index in [1.165, 1.54) is 25.3 Å². The summed E-state index contributed by atoms with van der Waals surface area (Å²) in [6, 6.07) is 6.81. The lowest BCUT2D eigenvalue weighted by Gasteiger charge is -2.24. The number of benzene rings is 1. The van der Waals surface area contributed by atoms with Gasteiger partial charge in [-0.15, -0.1) is 0 Å². The number of nitrogens with two attached hydrogens (primary N) is 1. The molecular formula is C17H23FN4. The summed E-state index contributed by atoms with van der Waals surface area (Å²) in [6.07, 6.45) is 7.81. The van der Waals surface area contributed by atoms with E-state index in [1.54, 1.807) is 23.0 Å². The van der Waals surface area contributed by atoms with Gasteiger partial charge in [-0.2, -0.15) is 5.10 Å². The lowest BCUT2D eigenvalue weighted by Crippen LogP contribution is -2.17. The van der Waals surface area contributed by atoms with Crippen molar-refractivity contribution < 1.29 is 4.39 Å². The van der Waals surface area contributed by atoms with Gasteiger partial charge in [0.15, 0.2) is 0 Å². The van der Waals surface area contributed by atoms with Gasteiger partial charge in [0.25, 0.3) is 0 Å². The molecule has 1 fully saturated rings. The van der Waals surface area contributed by atoms with E-state index in [-0.39, 0.29) is 5.82 Å². The molecule has 0 bridgehead atoms. The fourth-order valence-corrected chi connectivity index (χ4v) is 3.29. The average Bonchev–Trinajstić information content (AvgIpc) is 2.98. The predicted molar refractivity (Wildman–Crippen MR) is 86.9 cm³/mol. The van der Waals surface area contributed by atoms with Crippen LogP contribution in [0.1, 0.15) is 43.7 Å². The van der Waals surface area contributed by atoms with Crippen molar-refractivity contribution in [3.63, 3.8) is 0 Å². The molecule has 0 unspecified atom stereocenters. The smallest absolute Gasteiger partial charge is 0.148 e. The highest BCUT2D eigenvalue weighted by Crippen LogP contribution is 2.37. The van der Waals surface area contributed by atoms with Gasteiger partial charge < -0.3 is 11.1 Å². The van der Waals surface area contributed by atoms with Crippen LogP contribution in [0.25, 0.3) is 5.69 Å². The van der Waals surface area contributed by atoms with E-state index >= 15 is 0 Å². The SMILES string of the molecule is NCCNc1cnn(-c2ccccc2F)c1C1CCCCC1. The molecular weight excluding hydrogens is 279 g/mol. The summed E-state index contributed by atoms with van der Waals surface area (Å²) in [7, 11) is 0. The zero-order chi connectivity index (χ0) is 15.4. The molecule has 1 saturated carbocycles. The number of para-hydroxylation sites is 1. The second-order valence-electron chi connectivity index (χ2n) is 5.86. The highest BCUT2D eigenvalue weighted by Gasteiger charge is 2.24. The molecule has 0 amide bonds. The Balaban J connectivity index is 2.02. The molecule has 3 N–H and O–H groups in total. The predicted octanol–water partition coefficient (Wildman–Crippen LogP) is 3.43. The zero-order valence-electron chi connectivity index (χ0n) is 12.8. The summed E-state index contributed by atoms with van der Waals surface area (Å²) in [5.41, 5.74) is 8.20. The van der Waals surface area contributed by atoms with Crippen molar-refractivity contribution in [3.8, 4) is 5.69 Å². The standard InChI is InChI=1S/C17H23FN4/c18-14-8-4-5-9-16(14)22-17(13-6-2-1-3-7-13)15(12-21-22)20-11-10-19/h4-5,8-9,12-13,20H,1-3,6-7,10-11,19H2. The van der Waals surface area contributed by atoms with Crippen molar-refractivity contribution in [1.29, 1.82) is 0 Å². The molecule has 1 aromatic heterocycles. The second kappa shape index (κ2) is 6.92. The minimum atomic E-state index is -0.243. The summed E-state index contributed by atoms with van der Waals surface area (Å²) < 4.78 is 16.0. The van der Waals surface area contributed by atoms with Crippen LogP contribution < -0.4 is 11.1 Å². The normalized spacial score (nSPS) is 15.9. The van der Waals surface area contributed by atoms with Crippen molar-refractivity contribution in [1.82, 2.24) is 9.78 Å². The molecule has 1 aliphatic rings. The van der Waals surface area contributed by atoms with Gasteiger partial charge in [-0.25, -0.2) is 9.07 Å². The first-order valence-electron chi connectivity index (χ1n) is 8.08. The van der Waals surface area contributed by atoms with Gasteiger partial charge in [0.2, 0.25) is 0 Å². The quantitative estimate of drug-likeness (QED) is 0.889. The van der Waals surface area contributed by atoms with E-state index in [4.69, 9.17) is 5.73 Å². The first-order chi connectivity index (χ1) is 10.8. The minimum absolute atomic E-state index is 0.243. The molecule has 0 saturated heterocycles. The summed E-state index contributed by atoms with van der Waals surface area (Å²) in [6.45, 7) is 1.26. The van der Waals surface area contributed by atoms with E-state index in [2.05, 4.69) is 10.4 Å². The van der Waals surface area contributed by atoms with E-state index in [1.807, 2.05) is 6.07 Å². The van der Waals surface area contributed by atoms with Crippen molar-refractivity contribution in [3.05, 3.63) is 42.0 Å². The van der Waals surface area contributed by atoms with Crippen LogP contribution in [0.15, 0.2) is 30.5 Å². The molecule has 1 heterocycles. The molecule has 5 heteroatoms. The second-order valence-corrected chi connectivity index (χ2v) is 5.86. The Bertz CT molecular complexity index is 617. The van der Waals surface area contributed by atoms with Crippen LogP contribution in [0, 0.1) is 5.82 Å². The summed E-state index contributed by atoms with van der Waals surface area (Å²) in [5, 5.41) is 7.79. The molecule has 0 spiro atoms. The highest BCUT2D eigenvalue weighted by atomic mass is 19.1. The Morgan fingerprint density at radius 2 is 2.00 bits per heavy atom. The first kappa shape index (κ1) is 15.0. The third-order valence-electron chi connectivity index (χ3n) is 4.34. The molecule has 2 aromatic rings. The largest absolute Gasteiger partial charge is 0.381 e. The third kappa shape index (κ3) is 2.99. The van der Waals surface area contributed by atoms with Crippen LogP contribution in [0.5, 0.6) is 0 Å². The Kier molecular flexibility index (Phi) is 4.73. The topological polar surface area (TPSA) is 55.9 Å². The van der Waals surface area contributed by atoms with E-state index in [0.29, 0.717) is 24.7 Å². The number of rotatable bonds is 5. The number of anilines is 1. The number of hydrogen-bond acceptors (Lipinski definition) is 3. The molecule has 1 aliphatic carbocycles. The fraction of sp³-hybridized carbons (Fsp3) is 0.471. The van der Waals surface area contributed by atoms with Crippen LogP contribution in [-0.4, -0.2) is 22.9 Å². The highest BCUT2D eigenvalue weighted by molar-refractivity contribution is 5.52. The maximum absolute atomic E-state index is 14.2. The number of aromatic nitrogens is 2. The van der Waals surface area contributed by atoms with Crippen LogP contribution in [0.4, 0.5) is 10.1 Å². The molecule has 4 nitrogen and oxygen atoms in total. The average molecular weight is 302 g/mol. The molecule has 0 aliphatic heterocycles. The Morgan fingerprint density at radius 3 is 2.73 bits per heavy atom. The van der Waals surface area contributed by atoms with Gasteiger partial charge in [-0.3, -0.25) is 0 Å². The molecule has 0 radical (unpaired) electrons. The molecule has 1 aromatic carbocycles. The fourth-order valence-electron chi connectivity index (χ4n) is 3.29. The lowest BCUT2D eigenvalue weighted by molar-refractivity contribution is 0.429. The van der Waals surface area contributed by atoms with Gasteiger partial charge in [-0.05, 0) is 25.0 Å². The van der Waals surface area contributed by atoms with Crippen molar-refractivity contribution >= 4 is 5.69 Å². The van der Waals surface area contributed by atoms with E-state index in [9.17, 15) is 4.39 Å². The summed E-state index contributed by atoms with van der Waals surface area (Å²) in [5.74, 6) is 0.184. The Hall–Kier alpha value is -1.88. The number of halogens is 1. The molecule has 3 rings (SSSR count). The number of nitrogens with one attached hydrogen (secondary N) is 1.